The quantitative estimate of drug-likeness (QED) is 0.0317. The van der Waals surface area contributed by atoms with E-state index in [1.807, 2.05) is 6.08 Å². The van der Waals surface area contributed by atoms with Crippen LogP contribution in [-0.2, 0) is 23.7 Å². The number of hydrogen-bond acceptors (Lipinski definition) is 13. The molecule has 2 fully saturated rings. The van der Waals surface area contributed by atoms with Gasteiger partial charge in [-0.15, -0.1) is 0 Å². The number of unbranched alkanes of at least 4 members (excludes halogenated alkanes) is 10. The van der Waals surface area contributed by atoms with Gasteiger partial charge in [-0.3, -0.25) is 4.79 Å². The maximum atomic E-state index is 13.1. The molecule has 2 rings (SSSR count). The first kappa shape index (κ1) is 55.6. The van der Waals surface area contributed by atoms with Crippen LogP contribution in [0.15, 0.2) is 72.9 Å². The molecule has 0 aromatic heterocycles. The van der Waals surface area contributed by atoms with Gasteiger partial charge in [-0.25, -0.2) is 0 Å². The Morgan fingerprint density at radius 1 is 0.597 bits per heavy atom. The summed E-state index contributed by atoms with van der Waals surface area (Å²) in [6.07, 6.45) is 25.6. The van der Waals surface area contributed by atoms with Crippen LogP contribution in [0.1, 0.15) is 129 Å². The van der Waals surface area contributed by atoms with Crippen LogP contribution >= 0.6 is 0 Å². The van der Waals surface area contributed by atoms with Crippen LogP contribution < -0.4 is 5.32 Å². The van der Waals surface area contributed by atoms with Gasteiger partial charge >= 0.3 is 0 Å². The molecule has 0 aromatic carbocycles. The molecule has 2 aliphatic heterocycles. The fraction of sp³-hybridized carbons (Fsp3) is 0.729. The first-order chi connectivity index (χ1) is 30.1. The summed E-state index contributed by atoms with van der Waals surface area (Å²) in [7, 11) is 0. The molecule has 14 nitrogen and oxygen atoms in total. The average molecular weight is 880 g/mol. The van der Waals surface area contributed by atoms with Crippen molar-refractivity contribution >= 4 is 5.91 Å². The van der Waals surface area contributed by atoms with Crippen LogP contribution in [0.4, 0.5) is 0 Å². The summed E-state index contributed by atoms with van der Waals surface area (Å²) in [5.41, 5.74) is 0. The molecular formula is C48H81NO13. The molecule has 2 saturated heterocycles. The first-order valence-corrected chi connectivity index (χ1v) is 23.2. The van der Waals surface area contributed by atoms with Crippen LogP contribution in [0.25, 0.3) is 0 Å². The van der Waals surface area contributed by atoms with E-state index in [9.17, 15) is 45.6 Å². The van der Waals surface area contributed by atoms with Crippen molar-refractivity contribution in [1.29, 1.82) is 0 Å². The van der Waals surface area contributed by atoms with Gasteiger partial charge in [0, 0.05) is 6.42 Å². The fourth-order valence-electron chi connectivity index (χ4n) is 7.07. The van der Waals surface area contributed by atoms with E-state index in [-0.39, 0.29) is 18.9 Å². The van der Waals surface area contributed by atoms with Crippen molar-refractivity contribution in [2.45, 2.75) is 203 Å². The van der Waals surface area contributed by atoms with E-state index in [0.29, 0.717) is 12.8 Å². The Morgan fingerprint density at radius 3 is 1.76 bits per heavy atom. The van der Waals surface area contributed by atoms with Crippen molar-refractivity contribution in [3.05, 3.63) is 72.9 Å². The molecular weight excluding hydrogens is 799 g/mol. The van der Waals surface area contributed by atoms with E-state index < -0.39 is 86.8 Å². The molecule has 0 aromatic rings. The Morgan fingerprint density at radius 2 is 1.13 bits per heavy atom. The minimum atomic E-state index is -1.79. The van der Waals surface area contributed by atoms with Crippen molar-refractivity contribution < 1.29 is 64.6 Å². The molecule has 0 radical (unpaired) electrons. The van der Waals surface area contributed by atoms with Crippen molar-refractivity contribution in [3.8, 4) is 0 Å². The Kier molecular flexibility index (Phi) is 31.2. The van der Waals surface area contributed by atoms with Crippen molar-refractivity contribution in [1.82, 2.24) is 5.32 Å². The first-order valence-electron chi connectivity index (χ1n) is 23.2. The van der Waals surface area contributed by atoms with E-state index in [4.69, 9.17) is 18.9 Å². The average Bonchev–Trinajstić information content (AvgIpc) is 3.27. The molecule has 14 heteroatoms. The second-order valence-electron chi connectivity index (χ2n) is 16.1. The normalized spacial score (nSPS) is 28.4. The van der Waals surface area contributed by atoms with Gasteiger partial charge in [0.15, 0.2) is 12.6 Å². The molecule has 0 aliphatic carbocycles. The number of aliphatic hydroxyl groups excluding tert-OH is 8. The third-order valence-electron chi connectivity index (χ3n) is 10.9. The lowest BCUT2D eigenvalue weighted by Gasteiger charge is -2.46. The molecule has 2 heterocycles. The summed E-state index contributed by atoms with van der Waals surface area (Å²) in [4.78, 5) is 13.1. The molecule has 62 heavy (non-hydrogen) atoms. The zero-order chi connectivity index (χ0) is 45.4. The minimum absolute atomic E-state index is 0.259. The number of amides is 1. The van der Waals surface area contributed by atoms with E-state index in [1.165, 1.54) is 19.3 Å². The van der Waals surface area contributed by atoms with Crippen molar-refractivity contribution in [3.63, 3.8) is 0 Å². The van der Waals surface area contributed by atoms with Crippen LogP contribution in [0.2, 0.25) is 0 Å². The Bertz CT molecular complexity index is 1320. The highest BCUT2D eigenvalue weighted by Gasteiger charge is 2.50. The van der Waals surface area contributed by atoms with E-state index >= 15 is 0 Å². The SMILES string of the molecule is CC/C=C\C/C=C\C/C=C\C/C=C\CCCCCCCCCCC(=O)NC(COC1OC(CO)C(OC2OC(CO)C(O)C(O)C2O)C(O)C1O)C(O)/C=C/CC/C=C/CCC. The Labute approximate surface area is 370 Å². The highest BCUT2D eigenvalue weighted by atomic mass is 16.7. The summed E-state index contributed by atoms with van der Waals surface area (Å²) in [5, 5.41) is 86.2. The number of nitrogens with one attached hydrogen (secondary N) is 1. The number of carbonyl (C=O) groups is 1. The molecule has 0 spiro atoms. The van der Waals surface area contributed by atoms with E-state index in [2.05, 4.69) is 79.9 Å². The van der Waals surface area contributed by atoms with Crippen LogP contribution in [0.5, 0.6) is 0 Å². The summed E-state index contributed by atoms with van der Waals surface area (Å²) in [6.45, 7) is 2.49. The lowest BCUT2D eigenvalue weighted by Crippen LogP contribution is -2.65. The standard InChI is InChI=1S/C48H81NO13/c1-3-5-7-9-11-12-13-14-15-16-17-18-19-20-21-22-23-24-26-28-30-32-40(53)49-36(37(52)31-29-27-25-10-8-6-4-2)35-59-47-45(58)43(56)46(39(34-51)61-47)62-48-44(57)42(55)41(54)38(33-50)60-48/h5,7-8,10-12,14-15,17-18,29,31,36-39,41-48,50-52,54-58H,3-4,6,9,13,16,19-28,30,32-35H2,1-2H3,(H,49,53)/b7-5-,10-8+,12-11-,15-14-,18-17-,31-29+. The van der Waals surface area contributed by atoms with Gasteiger partial charge < -0.3 is 65.1 Å². The zero-order valence-electron chi connectivity index (χ0n) is 37.3. The fourth-order valence-corrected chi connectivity index (χ4v) is 7.07. The highest BCUT2D eigenvalue weighted by molar-refractivity contribution is 5.76. The maximum Gasteiger partial charge on any atom is 0.220 e. The predicted octanol–water partition coefficient (Wildman–Crippen LogP) is 4.87. The summed E-state index contributed by atoms with van der Waals surface area (Å²) in [5.74, 6) is -0.268. The van der Waals surface area contributed by atoms with Crippen LogP contribution in [-0.4, -0.2) is 140 Å². The molecule has 12 unspecified atom stereocenters. The van der Waals surface area contributed by atoms with E-state index in [0.717, 1.165) is 77.0 Å². The highest BCUT2D eigenvalue weighted by Crippen LogP contribution is 2.30. The van der Waals surface area contributed by atoms with Crippen LogP contribution in [0, 0.1) is 0 Å². The number of carbonyl (C=O) groups excluding carboxylic acids is 1. The number of ether oxygens (including phenoxy) is 4. The largest absolute Gasteiger partial charge is 0.394 e. The third-order valence-corrected chi connectivity index (χ3v) is 10.9. The lowest BCUT2D eigenvalue weighted by atomic mass is 9.97. The monoisotopic (exact) mass is 880 g/mol. The van der Waals surface area contributed by atoms with Gasteiger partial charge in [-0.2, -0.15) is 0 Å². The van der Waals surface area contributed by atoms with Crippen LogP contribution in [0.3, 0.4) is 0 Å². The lowest BCUT2D eigenvalue weighted by molar-refractivity contribution is -0.359. The van der Waals surface area contributed by atoms with E-state index in [1.54, 1.807) is 6.08 Å². The Hall–Kier alpha value is -2.57. The number of hydrogen-bond donors (Lipinski definition) is 9. The van der Waals surface area contributed by atoms with Crippen molar-refractivity contribution in [2.24, 2.45) is 0 Å². The summed E-state index contributed by atoms with van der Waals surface area (Å²) in [6, 6.07) is -0.935. The maximum absolute atomic E-state index is 13.1. The molecule has 1 amide bonds. The summed E-state index contributed by atoms with van der Waals surface area (Å²) >= 11 is 0. The molecule has 0 bridgehead atoms. The van der Waals surface area contributed by atoms with Crippen molar-refractivity contribution in [2.75, 3.05) is 19.8 Å². The molecule has 12 atom stereocenters. The van der Waals surface area contributed by atoms with Gasteiger partial charge in [-0.1, -0.05) is 132 Å². The number of aliphatic hydroxyl groups is 8. The van der Waals surface area contributed by atoms with Gasteiger partial charge in [0.1, 0.15) is 48.8 Å². The predicted molar refractivity (Wildman–Crippen MR) is 240 cm³/mol. The topological polar surface area (TPSA) is 228 Å². The van der Waals surface area contributed by atoms with Gasteiger partial charge in [0.05, 0.1) is 32.0 Å². The smallest absolute Gasteiger partial charge is 0.220 e. The van der Waals surface area contributed by atoms with Gasteiger partial charge in [0.25, 0.3) is 0 Å². The van der Waals surface area contributed by atoms with Gasteiger partial charge in [-0.05, 0) is 64.2 Å². The minimum Gasteiger partial charge on any atom is -0.394 e. The molecule has 356 valence electrons. The Balaban J connectivity index is 1.79. The molecule has 9 N–H and O–H groups in total. The molecule has 2 aliphatic rings. The number of allylic oxidation sites excluding steroid dienone is 11. The summed E-state index contributed by atoms with van der Waals surface area (Å²) < 4.78 is 22.5. The second-order valence-corrected chi connectivity index (χ2v) is 16.1. The third kappa shape index (κ3) is 22.4. The molecule has 0 saturated carbocycles. The van der Waals surface area contributed by atoms with Gasteiger partial charge in [0.2, 0.25) is 5.91 Å². The second kappa shape index (κ2) is 34.8. The zero-order valence-corrected chi connectivity index (χ0v) is 37.3. The number of rotatable bonds is 33.